The minimum atomic E-state index is 0.720. The Bertz CT molecular complexity index is 87.3. The van der Waals surface area contributed by atoms with E-state index >= 15 is 0 Å². The highest BCUT2D eigenvalue weighted by Crippen LogP contribution is 1.93. The number of likely N-dealkylation sites (N-methyl/N-ethyl adjacent to an activating group) is 1. The van der Waals surface area contributed by atoms with E-state index in [1.807, 2.05) is 0 Å². The summed E-state index contributed by atoms with van der Waals surface area (Å²) in [4.78, 5) is 0. The van der Waals surface area contributed by atoms with Crippen molar-refractivity contribution in [3.8, 4) is 0 Å². The smallest absolute Gasteiger partial charge is 0.0701 e. The second-order valence-electron chi connectivity index (χ2n) is 3.29. The topological polar surface area (TPSA) is 30.5 Å². The van der Waals surface area contributed by atoms with Gasteiger partial charge in [-0.05, 0) is 13.0 Å². The molecule has 0 bridgehead atoms. The normalized spacial score (nSPS) is 10.7. The molecule has 0 fully saturated rings. The van der Waals surface area contributed by atoms with Gasteiger partial charge in [0.1, 0.15) is 0 Å². The van der Waals surface area contributed by atoms with Crippen LogP contribution in [0.3, 0.4) is 0 Å². The Morgan fingerprint density at radius 3 is 2.21 bits per heavy atom. The first-order chi connectivity index (χ1) is 6.91. The predicted octanol–water partition coefficient (Wildman–Crippen LogP) is 1.82. The van der Waals surface area contributed by atoms with E-state index in [9.17, 15) is 0 Å². The summed E-state index contributed by atoms with van der Waals surface area (Å²) in [5.41, 5.74) is 0. The first kappa shape index (κ1) is 13.9. The highest BCUT2D eigenvalue weighted by atomic mass is 16.5. The van der Waals surface area contributed by atoms with Gasteiger partial charge in [-0.1, -0.05) is 26.7 Å². The Labute approximate surface area is 88.2 Å². The number of rotatable bonds is 11. The Morgan fingerprint density at radius 2 is 1.57 bits per heavy atom. The van der Waals surface area contributed by atoms with Crippen molar-refractivity contribution in [3.05, 3.63) is 0 Å². The molecule has 0 aromatic heterocycles. The summed E-state index contributed by atoms with van der Waals surface area (Å²) in [6, 6.07) is 0. The molecule has 0 heterocycles. The highest BCUT2D eigenvalue weighted by molar-refractivity contribution is 4.40. The van der Waals surface area contributed by atoms with Gasteiger partial charge in [0.25, 0.3) is 0 Å². The highest BCUT2D eigenvalue weighted by Gasteiger charge is 1.90. The molecule has 3 heteroatoms. The molecule has 0 rings (SSSR count). The van der Waals surface area contributed by atoms with Crippen LogP contribution in [0.15, 0.2) is 0 Å². The molecule has 0 saturated carbocycles. The van der Waals surface area contributed by atoms with Crippen LogP contribution >= 0.6 is 0 Å². The zero-order valence-electron chi connectivity index (χ0n) is 9.68. The van der Waals surface area contributed by atoms with Crippen LogP contribution in [0.4, 0.5) is 0 Å². The maximum Gasteiger partial charge on any atom is 0.0701 e. The fraction of sp³-hybridized carbons (Fsp3) is 1.00. The maximum atomic E-state index is 5.40. The van der Waals surface area contributed by atoms with Crippen LogP contribution in [0.2, 0.25) is 0 Å². The maximum absolute atomic E-state index is 5.40. The van der Waals surface area contributed by atoms with Crippen molar-refractivity contribution in [2.75, 3.05) is 39.5 Å². The third-order valence-electron chi connectivity index (χ3n) is 1.94. The average molecular weight is 203 g/mol. The zero-order chi connectivity index (χ0) is 10.5. The summed E-state index contributed by atoms with van der Waals surface area (Å²) in [5.74, 6) is 0. The molecule has 0 amide bonds. The van der Waals surface area contributed by atoms with Crippen LogP contribution < -0.4 is 5.32 Å². The lowest BCUT2D eigenvalue weighted by Crippen LogP contribution is -2.20. The van der Waals surface area contributed by atoms with Gasteiger partial charge in [-0.15, -0.1) is 0 Å². The molecule has 0 radical (unpaired) electrons. The molecule has 0 unspecified atom stereocenters. The third-order valence-corrected chi connectivity index (χ3v) is 1.94. The third kappa shape index (κ3) is 11.9. The summed E-state index contributed by atoms with van der Waals surface area (Å²) in [7, 11) is 0. The van der Waals surface area contributed by atoms with E-state index < -0.39 is 0 Å². The lowest BCUT2D eigenvalue weighted by molar-refractivity contribution is 0.0476. The minimum absolute atomic E-state index is 0.720. The number of ether oxygens (including phenoxy) is 2. The van der Waals surface area contributed by atoms with Gasteiger partial charge in [0.05, 0.1) is 19.8 Å². The monoisotopic (exact) mass is 203 g/mol. The number of unbranched alkanes of at least 4 members (excludes halogenated alkanes) is 2. The van der Waals surface area contributed by atoms with E-state index in [1.54, 1.807) is 0 Å². The second-order valence-corrected chi connectivity index (χ2v) is 3.29. The van der Waals surface area contributed by atoms with Crippen LogP contribution in [0.25, 0.3) is 0 Å². The van der Waals surface area contributed by atoms with Gasteiger partial charge in [-0.25, -0.2) is 0 Å². The molecule has 0 spiro atoms. The molecular weight excluding hydrogens is 178 g/mol. The summed E-state index contributed by atoms with van der Waals surface area (Å²) in [5, 5.41) is 3.20. The lowest BCUT2D eigenvalue weighted by Gasteiger charge is -2.05. The van der Waals surface area contributed by atoms with Crippen LogP contribution in [-0.2, 0) is 9.47 Å². The summed E-state index contributed by atoms with van der Waals surface area (Å²) < 4.78 is 10.8. The first-order valence-electron chi connectivity index (χ1n) is 5.78. The van der Waals surface area contributed by atoms with E-state index in [0.29, 0.717) is 0 Å². The molecule has 0 aliphatic heterocycles. The summed E-state index contributed by atoms with van der Waals surface area (Å²) in [6.45, 7) is 9.35. The number of hydrogen-bond donors (Lipinski definition) is 1. The standard InChI is InChI=1S/C11H25NO2/c1-3-5-6-8-13-10-11-14-9-7-12-4-2/h12H,3-11H2,1-2H3. The van der Waals surface area contributed by atoms with Gasteiger partial charge in [0.15, 0.2) is 0 Å². The quantitative estimate of drug-likeness (QED) is 0.520. The van der Waals surface area contributed by atoms with Crippen molar-refractivity contribution in [1.29, 1.82) is 0 Å². The Balaban J connectivity index is 2.78. The van der Waals surface area contributed by atoms with E-state index in [0.717, 1.165) is 39.5 Å². The number of nitrogens with one attached hydrogen (secondary N) is 1. The van der Waals surface area contributed by atoms with E-state index in [4.69, 9.17) is 9.47 Å². The minimum Gasteiger partial charge on any atom is -0.379 e. The van der Waals surface area contributed by atoms with Crippen molar-refractivity contribution in [1.82, 2.24) is 5.32 Å². The van der Waals surface area contributed by atoms with E-state index in [1.165, 1.54) is 19.3 Å². The Hall–Kier alpha value is -0.120. The van der Waals surface area contributed by atoms with Gasteiger partial charge < -0.3 is 14.8 Å². The Morgan fingerprint density at radius 1 is 0.857 bits per heavy atom. The molecule has 3 nitrogen and oxygen atoms in total. The molecule has 86 valence electrons. The van der Waals surface area contributed by atoms with Crippen LogP contribution in [0, 0.1) is 0 Å². The van der Waals surface area contributed by atoms with Crippen LogP contribution in [0.1, 0.15) is 33.1 Å². The molecule has 1 N–H and O–H groups in total. The fourth-order valence-electron chi connectivity index (χ4n) is 1.10. The number of hydrogen-bond acceptors (Lipinski definition) is 3. The van der Waals surface area contributed by atoms with E-state index in [2.05, 4.69) is 19.2 Å². The average Bonchev–Trinajstić information content (AvgIpc) is 2.21. The van der Waals surface area contributed by atoms with E-state index in [-0.39, 0.29) is 0 Å². The van der Waals surface area contributed by atoms with Crippen LogP contribution in [-0.4, -0.2) is 39.5 Å². The largest absolute Gasteiger partial charge is 0.379 e. The van der Waals surface area contributed by atoms with Crippen molar-refractivity contribution in [2.24, 2.45) is 0 Å². The summed E-state index contributed by atoms with van der Waals surface area (Å²) >= 11 is 0. The first-order valence-corrected chi connectivity index (χ1v) is 5.78. The zero-order valence-corrected chi connectivity index (χ0v) is 9.68. The van der Waals surface area contributed by atoms with Gasteiger partial charge in [0, 0.05) is 13.2 Å². The van der Waals surface area contributed by atoms with Crippen molar-refractivity contribution >= 4 is 0 Å². The van der Waals surface area contributed by atoms with Gasteiger partial charge >= 0.3 is 0 Å². The molecule has 0 aromatic rings. The molecular formula is C11H25NO2. The second kappa shape index (κ2) is 12.9. The molecule has 14 heavy (non-hydrogen) atoms. The van der Waals surface area contributed by atoms with Gasteiger partial charge in [-0.3, -0.25) is 0 Å². The summed E-state index contributed by atoms with van der Waals surface area (Å²) in [6.07, 6.45) is 3.69. The molecule has 0 atom stereocenters. The van der Waals surface area contributed by atoms with Crippen molar-refractivity contribution in [2.45, 2.75) is 33.1 Å². The van der Waals surface area contributed by atoms with Crippen LogP contribution in [0.5, 0.6) is 0 Å². The fourth-order valence-corrected chi connectivity index (χ4v) is 1.10. The molecule has 0 aromatic carbocycles. The van der Waals surface area contributed by atoms with Gasteiger partial charge in [0.2, 0.25) is 0 Å². The molecule has 0 saturated heterocycles. The van der Waals surface area contributed by atoms with Crippen molar-refractivity contribution in [3.63, 3.8) is 0 Å². The van der Waals surface area contributed by atoms with Gasteiger partial charge in [-0.2, -0.15) is 0 Å². The molecule has 0 aliphatic rings. The predicted molar refractivity (Wildman–Crippen MR) is 59.7 cm³/mol. The Kier molecular flexibility index (Phi) is 12.8. The molecule has 0 aliphatic carbocycles. The van der Waals surface area contributed by atoms with Crippen molar-refractivity contribution < 1.29 is 9.47 Å². The SMILES string of the molecule is CCCCCOCCOCCNCC. The lowest BCUT2D eigenvalue weighted by atomic mass is 10.3.